The van der Waals surface area contributed by atoms with E-state index in [0.717, 1.165) is 30.0 Å². The third-order valence-electron chi connectivity index (χ3n) is 3.00. The summed E-state index contributed by atoms with van der Waals surface area (Å²) in [5.74, 6) is -0.222. The number of thiophene rings is 1. The quantitative estimate of drug-likeness (QED) is 0.862. The molecule has 1 unspecified atom stereocenters. The van der Waals surface area contributed by atoms with Gasteiger partial charge in [-0.25, -0.2) is 0 Å². The highest BCUT2D eigenvalue weighted by Crippen LogP contribution is 2.34. The monoisotopic (exact) mass is 265 g/mol. The van der Waals surface area contributed by atoms with Crippen molar-refractivity contribution in [2.24, 2.45) is 0 Å². The predicted octanol–water partition coefficient (Wildman–Crippen LogP) is 1.24. The van der Waals surface area contributed by atoms with Crippen LogP contribution in [0.5, 0.6) is 0 Å². The molecule has 1 aromatic rings. The van der Waals surface area contributed by atoms with Gasteiger partial charge in [0.05, 0.1) is 5.56 Å². The molecule has 2 N–H and O–H groups in total. The van der Waals surface area contributed by atoms with Crippen LogP contribution < -0.4 is 10.6 Å². The molecular formula is C12H15N3O2S. The summed E-state index contributed by atoms with van der Waals surface area (Å²) in [6.07, 6.45) is 0.318. The Morgan fingerprint density at radius 2 is 2.44 bits per heavy atom. The van der Waals surface area contributed by atoms with Gasteiger partial charge in [-0.3, -0.25) is 4.79 Å². The van der Waals surface area contributed by atoms with E-state index in [9.17, 15) is 10.1 Å². The largest absolute Gasteiger partial charge is 0.372 e. The summed E-state index contributed by atoms with van der Waals surface area (Å²) < 4.78 is 4.96. The van der Waals surface area contributed by atoms with Crippen LogP contribution in [0.15, 0.2) is 0 Å². The minimum Gasteiger partial charge on any atom is -0.372 e. The van der Waals surface area contributed by atoms with Gasteiger partial charge in [0, 0.05) is 18.5 Å². The first-order valence-electron chi connectivity index (χ1n) is 5.76. The molecule has 0 aromatic carbocycles. The molecule has 0 saturated carbocycles. The molecule has 0 aliphatic carbocycles. The average molecular weight is 265 g/mol. The smallest absolute Gasteiger partial charge is 0.253 e. The van der Waals surface area contributed by atoms with Crippen LogP contribution in [0, 0.1) is 11.3 Å². The van der Waals surface area contributed by atoms with E-state index >= 15 is 0 Å². The molecule has 2 heterocycles. The molecule has 1 aromatic heterocycles. The van der Waals surface area contributed by atoms with Gasteiger partial charge in [0.15, 0.2) is 0 Å². The summed E-state index contributed by atoms with van der Waals surface area (Å²) in [4.78, 5) is 12.9. The second kappa shape index (κ2) is 5.48. The van der Waals surface area contributed by atoms with Gasteiger partial charge in [-0.2, -0.15) is 5.26 Å². The second-order valence-electron chi connectivity index (χ2n) is 4.11. The van der Waals surface area contributed by atoms with Gasteiger partial charge in [0.1, 0.15) is 17.2 Å². The maximum absolute atomic E-state index is 11.8. The van der Waals surface area contributed by atoms with Gasteiger partial charge in [-0.05, 0) is 25.5 Å². The van der Waals surface area contributed by atoms with Crippen molar-refractivity contribution in [3.05, 3.63) is 16.0 Å². The zero-order valence-corrected chi connectivity index (χ0v) is 11.2. The van der Waals surface area contributed by atoms with Gasteiger partial charge in [0.25, 0.3) is 5.91 Å². The van der Waals surface area contributed by atoms with E-state index in [4.69, 9.17) is 4.74 Å². The van der Waals surface area contributed by atoms with Crippen LogP contribution in [0.3, 0.4) is 0 Å². The van der Waals surface area contributed by atoms with Crippen molar-refractivity contribution in [2.75, 3.05) is 19.0 Å². The van der Waals surface area contributed by atoms with Crippen LogP contribution in [0.25, 0.3) is 0 Å². The van der Waals surface area contributed by atoms with Crippen molar-refractivity contribution in [1.82, 2.24) is 5.32 Å². The number of rotatable bonds is 3. The molecule has 0 radical (unpaired) electrons. The number of carbonyl (C=O) groups is 1. The molecule has 96 valence electrons. The second-order valence-corrected chi connectivity index (χ2v) is 5.22. The number of nitriles is 1. The number of nitrogens with zero attached hydrogens (tertiary/aromatic N) is 1. The fourth-order valence-corrected chi connectivity index (χ4v) is 3.03. The summed E-state index contributed by atoms with van der Waals surface area (Å²) in [7, 11) is 1.48. The summed E-state index contributed by atoms with van der Waals surface area (Å²) >= 11 is 1.47. The highest BCUT2D eigenvalue weighted by Gasteiger charge is 2.22. The lowest BCUT2D eigenvalue weighted by Crippen LogP contribution is -2.26. The molecule has 18 heavy (non-hydrogen) atoms. The van der Waals surface area contributed by atoms with Crippen LogP contribution in [0.1, 0.15) is 22.9 Å². The van der Waals surface area contributed by atoms with Gasteiger partial charge in [-0.15, -0.1) is 11.3 Å². The molecule has 1 aliphatic heterocycles. The molecule has 0 spiro atoms. The number of nitrogens with one attached hydrogen (secondary N) is 2. The Morgan fingerprint density at radius 3 is 3.11 bits per heavy atom. The predicted molar refractivity (Wildman–Crippen MR) is 69.5 cm³/mol. The SMILES string of the molecule is COC(C)C(=O)Nc1sc2c(c1C#N)CCNC2. The van der Waals surface area contributed by atoms with E-state index in [1.54, 1.807) is 6.92 Å². The van der Waals surface area contributed by atoms with Crippen LogP contribution in [0.2, 0.25) is 0 Å². The molecule has 6 heteroatoms. The van der Waals surface area contributed by atoms with E-state index in [1.165, 1.54) is 18.4 Å². The minimum absolute atomic E-state index is 0.222. The number of methoxy groups -OCH3 is 1. The lowest BCUT2D eigenvalue weighted by atomic mass is 10.1. The number of carbonyl (C=O) groups excluding carboxylic acids is 1. The highest BCUT2D eigenvalue weighted by atomic mass is 32.1. The maximum Gasteiger partial charge on any atom is 0.253 e. The molecule has 1 atom stereocenters. The molecule has 2 rings (SSSR count). The van der Waals surface area contributed by atoms with Crippen molar-refractivity contribution in [2.45, 2.75) is 26.0 Å². The van der Waals surface area contributed by atoms with Crippen molar-refractivity contribution in [3.63, 3.8) is 0 Å². The standard InChI is InChI=1S/C12H15N3O2S/c1-7(17-2)11(16)15-12-9(5-13)8-3-4-14-6-10(8)18-12/h7,14H,3-4,6H2,1-2H3,(H,15,16). The van der Waals surface area contributed by atoms with E-state index in [-0.39, 0.29) is 5.91 Å². The summed E-state index contributed by atoms with van der Waals surface area (Å²) in [5, 5.41) is 15.9. The van der Waals surface area contributed by atoms with Crippen molar-refractivity contribution < 1.29 is 9.53 Å². The van der Waals surface area contributed by atoms with Crippen molar-refractivity contribution >= 4 is 22.2 Å². The number of ether oxygens (including phenoxy) is 1. The van der Waals surface area contributed by atoms with Crippen LogP contribution >= 0.6 is 11.3 Å². The summed E-state index contributed by atoms with van der Waals surface area (Å²) in [5.41, 5.74) is 1.68. The summed E-state index contributed by atoms with van der Waals surface area (Å²) in [6, 6.07) is 2.19. The number of hydrogen-bond donors (Lipinski definition) is 2. The third kappa shape index (κ3) is 2.38. The highest BCUT2D eigenvalue weighted by molar-refractivity contribution is 7.16. The Kier molecular flexibility index (Phi) is 3.97. The number of hydrogen-bond acceptors (Lipinski definition) is 5. The first-order valence-corrected chi connectivity index (χ1v) is 6.58. The van der Waals surface area contributed by atoms with E-state index in [2.05, 4.69) is 16.7 Å². The molecule has 1 aliphatic rings. The van der Waals surface area contributed by atoms with Gasteiger partial charge < -0.3 is 15.4 Å². The first kappa shape index (κ1) is 13.0. The van der Waals surface area contributed by atoms with Crippen LogP contribution in [-0.4, -0.2) is 25.7 Å². The van der Waals surface area contributed by atoms with Crippen LogP contribution in [-0.2, 0) is 22.5 Å². The minimum atomic E-state index is -0.520. The zero-order chi connectivity index (χ0) is 13.1. The Balaban J connectivity index is 2.26. The normalized spacial score (nSPS) is 15.6. The van der Waals surface area contributed by atoms with E-state index in [1.807, 2.05) is 0 Å². The Morgan fingerprint density at radius 1 is 1.67 bits per heavy atom. The number of fused-ring (bicyclic) bond motifs is 1. The molecule has 5 nitrogen and oxygen atoms in total. The zero-order valence-electron chi connectivity index (χ0n) is 10.4. The first-order chi connectivity index (χ1) is 8.67. The fourth-order valence-electron chi connectivity index (χ4n) is 1.86. The van der Waals surface area contributed by atoms with Gasteiger partial charge in [0.2, 0.25) is 0 Å². The van der Waals surface area contributed by atoms with Crippen molar-refractivity contribution in [3.8, 4) is 6.07 Å². The number of amides is 1. The third-order valence-corrected chi connectivity index (χ3v) is 4.15. The topological polar surface area (TPSA) is 74.1 Å². The molecule has 0 fully saturated rings. The Bertz CT molecular complexity index is 504. The molecule has 0 saturated heterocycles. The van der Waals surface area contributed by atoms with Crippen molar-refractivity contribution in [1.29, 1.82) is 5.26 Å². The summed E-state index contributed by atoms with van der Waals surface area (Å²) in [6.45, 7) is 3.32. The fraction of sp³-hybridized carbons (Fsp3) is 0.500. The van der Waals surface area contributed by atoms with Crippen LogP contribution in [0.4, 0.5) is 5.00 Å². The Hall–Kier alpha value is -1.42. The van der Waals surface area contributed by atoms with Gasteiger partial charge in [-0.1, -0.05) is 0 Å². The van der Waals surface area contributed by atoms with E-state index < -0.39 is 6.10 Å². The van der Waals surface area contributed by atoms with E-state index in [0.29, 0.717) is 10.6 Å². The lowest BCUT2D eigenvalue weighted by Gasteiger charge is -2.11. The molecular weight excluding hydrogens is 250 g/mol. The lowest BCUT2D eigenvalue weighted by molar-refractivity contribution is -0.124. The molecule has 1 amide bonds. The van der Waals surface area contributed by atoms with Gasteiger partial charge >= 0.3 is 0 Å². The molecule has 0 bridgehead atoms. The average Bonchev–Trinajstić information content (AvgIpc) is 2.74. The number of anilines is 1. The maximum atomic E-state index is 11.8. The Labute approximate surface area is 110 Å².